The number of carbonyl (C=O) groups excluding carboxylic acids is 1. The summed E-state index contributed by atoms with van der Waals surface area (Å²) in [5.41, 5.74) is 0.694. The Bertz CT molecular complexity index is 821. The molecule has 0 radical (unpaired) electrons. The van der Waals surface area contributed by atoms with Crippen LogP contribution in [0.3, 0.4) is 0 Å². The summed E-state index contributed by atoms with van der Waals surface area (Å²) in [6.07, 6.45) is 4.32. The second-order valence-electron chi connectivity index (χ2n) is 9.80. The molecule has 0 spiro atoms. The summed E-state index contributed by atoms with van der Waals surface area (Å²) in [4.78, 5) is 25.9. The number of likely N-dealkylation sites (tertiary alicyclic amines) is 1. The molecule has 0 bridgehead atoms. The summed E-state index contributed by atoms with van der Waals surface area (Å²) in [5.74, 6) is 0.0483. The van der Waals surface area contributed by atoms with Crippen LogP contribution >= 0.6 is 0 Å². The highest BCUT2D eigenvalue weighted by atomic mass is 19.1. The smallest absolute Gasteiger partial charge is 0.404 e. The van der Waals surface area contributed by atoms with Crippen LogP contribution in [-0.4, -0.2) is 81.2 Å². The van der Waals surface area contributed by atoms with Gasteiger partial charge >= 0.3 is 12.1 Å². The monoisotopic (exact) mass is 508 g/mol. The third-order valence-corrected chi connectivity index (χ3v) is 6.93. The Hall–Kier alpha value is -2.43. The van der Waals surface area contributed by atoms with Crippen molar-refractivity contribution in [1.29, 1.82) is 0 Å². The summed E-state index contributed by atoms with van der Waals surface area (Å²) in [6, 6.07) is 6.20. The number of nitrogens with zero attached hydrogens (tertiary/aromatic N) is 1. The number of ether oxygens (including phenoxy) is 2. The molecule has 4 unspecified atom stereocenters. The molecule has 0 aliphatic carbocycles. The van der Waals surface area contributed by atoms with E-state index in [1.807, 2.05) is 18.0 Å². The second kappa shape index (κ2) is 15.0. The van der Waals surface area contributed by atoms with Crippen LogP contribution in [0.25, 0.3) is 0 Å². The maximum atomic E-state index is 14.0. The molecule has 0 saturated carbocycles. The van der Waals surface area contributed by atoms with Gasteiger partial charge in [0.05, 0.1) is 12.7 Å². The van der Waals surface area contributed by atoms with Crippen molar-refractivity contribution in [3.8, 4) is 0 Å². The van der Waals surface area contributed by atoms with Crippen LogP contribution in [-0.2, 0) is 9.47 Å². The Morgan fingerprint density at radius 2 is 2.14 bits per heavy atom. The van der Waals surface area contributed by atoms with Crippen molar-refractivity contribution in [2.75, 3.05) is 53.0 Å². The van der Waals surface area contributed by atoms with Crippen molar-refractivity contribution in [1.82, 2.24) is 20.9 Å². The number of halogens is 1. The SMILES string of the molecule is CNCC(CC1CCCCOC1)NC(=O)N1CCCC(C(OCCNC(=O)O)c2cccc(F)c2)C1. The summed E-state index contributed by atoms with van der Waals surface area (Å²) in [5, 5.41) is 17.5. The first-order chi connectivity index (χ1) is 17.5. The van der Waals surface area contributed by atoms with E-state index in [-0.39, 0.29) is 37.0 Å². The van der Waals surface area contributed by atoms with Crippen LogP contribution in [0.1, 0.15) is 50.2 Å². The number of piperidine rings is 1. The van der Waals surface area contributed by atoms with Gasteiger partial charge in [-0.15, -0.1) is 0 Å². The van der Waals surface area contributed by atoms with Gasteiger partial charge in [-0.05, 0) is 62.8 Å². The van der Waals surface area contributed by atoms with Gasteiger partial charge in [0.2, 0.25) is 0 Å². The van der Waals surface area contributed by atoms with Crippen LogP contribution in [0.15, 0.2) is 24.3 Å². The highest BCUT2D eigenvalue weighted by Gasteiger charge is 2.32. The van der Waals surface area contributed by atoms with Crippen LogP contribution in [0.5, 0.6) is 0 Å². The number of likely N-dealkylation sites (N-methyl/N-ethyl adjacent to an activating group) is 1. The van der Waals surface area contributed by atoms with E-state index < -0.39 is 12.2 Å². The highest BCUT2D eigenvalue weighted by molar-refractivity contribution is 5.74. The van der Waals surface area contributed by atoms with Crippen molar-refractivity contribution in [2.45, 2.75) is 50.7 Å². The third kappa shape index (κ3) is 9.22. The molecule has 36 heavy (non-hydrogen) atoms. The molecule has 2 fully saturated rings. The molecule has 1 aromatic rings. The Labute approximate surface area is 213 Å². The van der Waals surface area contributed by atoms with E-state index in [1.165, 1.54) is 12.1 Å². The summed E-state index contributed by atoms with van der Waals surface area (Å²) >= 11 is 0. The lowest BCUT2D eigenvalue weighted by Gasteiger charge is -2.38. The van der Waals surface area contributed by atoms with E-state index in [0.29, 0.717) is 31.1 Å². The average Bonchev–Trinajstić information content (AvgIpc) is 3.13. The first-order valence-electron chi connectivity index (χ1n) is 13.1. The predicted molar refractivity (Wildman–Crippen MR) is 134 cm³/mol. The Morgan fingerprint density at radius 1 is 1.28 bits per heavy atom. The fourth-order valence-electron chi connectivity index (χ4n) is 5.24. The van der Waals surface area contributed by atoms with Crippen LogP contribution < -0.4 is 16.0 Å². The number of nitrogens with one attached hydrogen (secondary N) is 3. The van der Waals surface area contributed by atoms with E-state index in [4.69, 9.17) is 14.6 Å². The fourth-order valence-corrected chi connectivity index (χ4v) is 5.24. The number of carboxylic acid groups (broad SMARTS) is 1. The maximum absolute atomic E-state index is 14.0. The minimum Gasteiger partial charge on any atom is -0.465 e. The minimum atomic E-state index is -1.12. The van der Waals surface area contributed by atoms with Crippen molar-refractivity contribution in [3.05, 3.63) is 35.6 Å². The number of amides is 3. The number of rotatable bonds is 11. The Balaban J connectivity index is 1.62. The molecule has 9 nitrogen and oxygen atoms in total. The molecule has 2 aliphatic heterocycles. The fraction of sp³-hybridized carbons (Fsp3) is 0.692. The molecular formula is C26H41FN4O5. The normalized spacial score (nSPS) is 22.3. The third-order valence-electron chi connectivity index (χ3n) is 6.93. The lowest BCUT2D eigenvalue weighted by molar-refractivity contribution is -0.00868. The first-order valence-corrected chi connectivity index (χ1v) is 13.1. The number of benzene rings is 1. The van der Waals surface area contributed by atoms with Gasteiger partial charge in [-0.1, -0.05) is 18.6 Å². The highest BCUT2D eigenvalue weighted by Crippen LogP contribution is 2.33. The van der Waals surface area contributed by atoms with Gasteiger partial charge in [-0.25, -0.2) is 14.0 Å². The topological polar surface area (TPSA) is 112 Å². The maximum Gasteiger partial charge on any atom is 0.404 e. The summed E-state index contributed by atoms with van der Waals surface area (Å²) < 4.78 is 25.8. The molecule has 202 valence electrons. The molecule has 2 heterocycles. The van der Waals surface area contributed by atoms with E-state index in [0.717, 1.165) is 51.7 Å². The Kier molecular flexibility index (Phi) is 11.7. The van der Waals surface area contributed by atoms with E-state index in [2.05, 4.69) is 16.0 Å². The number of hydrogen-bond acceptors (Lipinski definition) is 5. The molecule has 2 saturated heterocycles. The van der Waals surface area contributed by atoms with E-state index >= 15 is 0 Å². The molecule has 10 heteroatoms. The molecule has 0 aromatic heterocycles. The predicted octanol–water partition coefficient (Wildman–Crippen LogP) is 3.37. The quantitative estimate of drug-likeness (QED) is 0.341. The lowest BCUT2D eigenvalue weighted by atomic mass is 9.88. The van der Waals surface area contributed by atoms with Crippen LogP contribution in [0, 0.1) is 17.7 Å². The first kappa shape index (κ1) is 28.1. The zero-order valence-electron chi connectivity index (χ0n) is 21.2. The number of urea groups is 1. The van der Waals surface area contributed by atoms with Crippen LogP contribution in [0.4, 0.5) is 14.0 Å². The summed E-state index contributed by atoms with van der Waals surface area (Å²) in [7, 11) is 1.89. The number of hydrogen-bond donors (Lipinski definition) is 4. The van der Waals surface area contributed by atoms with Crippen molar-refractivity contribution in [2.24, 2.45) is 11.8 Å². The van der Waals surface area contributed by atoms with E-state index in [9.17, 15) is 14.0 Å². The molecule has 3 amide bonds. The van der Waals surface area contributed by atoms with Crippen molar-refractivity contribution >= 4 is 12.1 Å². The van der Waals surface area contributed by atoms with Gasteiger partial charge in [0, 0.05) is 51.4 Å². The van der Waals surface area contributed by atoms with Gasteiger partial charge in [-0.2, -0.15) is 0 Å². The average molecular weight is 509 g/mol. The molecule has 4 atom stereocenters. The minimum absolute atomic E-state index is 0.00642. The van der Waals surface area contributed by atoms with Crippen molar-refractivity contribution in [3.63, 3.8) is 0 Å². The Morgan fingerprint density at radius 3 is 2.92 bits per heavy atom. The summed E-state index contributed by atoms with van der Waals surface area (Å²) in [6.45, 7) is 3.67. The van der Waals surface area contributed by atoms with Gasteiger partial charge < -0.3 is 35.4 Å². The van der Waals surface area contributed by atoms with E-state index in [1.54, 1.807) is 6.07 Å². The molecule has 4 N–H and O–H groups in total. The zero-order chi connectivity index (χ0) is 25.8. The van der Waals surface area contributed by atoms with Gasteiger partial charge in [0.1, 0.15) is 5.82 Å². The van der Waals surface area contributed by atoms with Gasteiger partial charge in [-0.3, -0.25) is 0 Å². The van der Waals surface area contributed by atoms with Crippen LogP contribution in [0.2, 0.25) is 0 Å². The van der Waals surface area contributed by atoms with Gasteiger partial charge in [0.15, 0.2) is 0 Å². The second-order valence-corrected chi connectivity index (χ2v) is 9.80. The zero-order valence-corrected chi connectivity index (χ0v) is 21.2. The molecule has 3 rings (SSSR count). The largest absolute Gasteiger partial charge is 0.465 e. The van der Waals surface area contributed by atoms with Gasteiger partial charge in [0.25, 0.3) is 0 Å². The standard InChI is InChI=1S/C26H41FN4O5/c1-28-16-23(14-19-6-2-3-12-35-18-19)30-25(32)31-11-5-8-21(17-31)24(36-13-10-29-26(33)34)20-7-4-9-22(27)15-20/h4,7,9,15,19,21,23-24,28-29H,2-3,5-6,8,10-14,16-18H2,1H3,(H,30,32)(H,33,34). The molecule has 2 aliphatic rings. The molecular weight excluding hydrogens is 467 g/mol. The van der Waals surface area contributed by atoms with Crippen molar-refractivity contribution < 1.29 is 28.6 Å². The molecule has 1 aromatic carbocycles. The number of carbonyl (C=O) groups is 2. The lowest BCUT2D eigenvalue weighted by Crippen LogP contribution is -2.52.